The third-order valence-electron chi connectivity index (χ3n) is 11.8. The minimum Gasteiger partial charge on any atom is -0.495 e. The molecule has 5 heterocycles. The number of nitrogen functional groups attached to an aromatic ring is 1. The number of fused-ring (bicyclic) bond motifs is 3. The first-order chi connectivity index (χ1) is 31.9. The number of carbonyl (C=O) groups excluding carboxylic acids is 6. The van der Waals surface area contributed by atoms with E-state index in [9.17, 15) is 28.8 Å². The Bertz CT molecular complexity index is 2720. The zero-order valence-corrected chi connectivity index (χ0v) is 36.7. The maximum Gasteiger partial charge on any atom is 0.328 e. The number of ether oxygens (including phenoxy) is 2. The molecule has 2 bridgehead atoms. The lowest BCUT2D eigenvalue weighted by molar-refractivity contribution is -0.137. The van der Waals surface area contributed by atoms with Crippen LogP contribution in [0.1, 0.15) is 82.2 Å². The highest BCUT2D eigenvalue weighted by molar-refractivity contribution is 6.07. The number of aromatic nitrogens is 4. The van der Waals surface area contributed by atoms with Crippen LogP contribution in [0, 0.1) is 6.92 Å². The number of urea groups is 1. The smallest absolute Gasteiger partial charge is 0.328 e. The number of rotatable bonds is 12. The molecule has 66 heavy (non-hydrogen) atoms. The average molecular weight is 898 g/mol. The van der Waals surface area contributed by atoms with E-state index in [0.29, 0.717) is 52.7 Å². The number of pyridine rings is 1. The maximum absolute atomic E-state index is 13.5. The summed E-state index contributed by atoms with van der Waals surface area (Å²) in [5, 5.41) is 11.0. The van der Waals surface area contributed by atoms with Gasteiger partial charge in [0, 0.05) is 60.9 Å². The Labute approximate surface area is 380 Å². The number of imide groups is 1. The Morgan fingerprint density at radius 3 is 2.55 bits per heavy atom. The molecule has 6 N–H and O–H groups in total. The summed E-state index contributed by atoms with van der Waals surface area (Å²) >= 11 is 0. The standard InChI is InChI=1S/C47H51N11O8/c1-28-14-17-49-37(23-28)53-46(63)30-8-6-29(7-9-30)41-42-43(48)51-26-34-5-3-4-19-56(27-39(60)52-33-12-10-31(24-33)44(55-41)58(34)42)40(61)16-21-66-22-18-50-45(62)32-11-13-36(65-2)35(25-32)57-20-15-38(59)54-47(57)64/h3,5-9,11,13-14,17,23,25-26,31,33H,4,10,12,15-16,18-22,24,27H2,1-2H3,(H2,48,51)(H,50,62)(H,52,60)(H,49,53,63)(H,54,59,64)/b5-3+/t31-,33-/m1/s1. The van der Waals surface area contributed by atoms with Crippen LogP contribution in [0.5, 0.6) is 5.75 Å². The van der Waals surface area contributed by atoms with Crippen molar-refractivity contribution in [2.24, 2.45) is 0 Å². The summed E-state index contributed by atoms with van der Waals surface area (Å²) in [5.74, 6) is 0.370. The molecule has 3 aromatic heterocycles. The van der Waals surface area contributed by atoms with E-state index < -0.39 is 11.9 Å². The van der Waals surface area contributed by atoms with Gasteiger partial charge in [-0.15, -0.1) is 0 Å². The predicted molar refractivity (Wildman–Crippen MR) is 245 cm³/mol. The Morgan fingerprint density at radius 1 is 0.939 bits per heavy atom. The molecule has 0 spiro atoms. The number of imidazole rings is 1. The van der Waals surface area contributed by atoms with Crippen LogP contribution < -0.4 is 36.6 Å². The molecule has 2 atom stereocenters. The first kappa shape index (κ1) is 44.9. The Morgan fingerprint density at radius 2 is 1.76 bits per heavy atom. The van der Waals surface area contributed by atoms with Crippen LogP contribution in [-0.2, 0) is 19.1 Å². The van der Waals surface area contributed by atoms with E-state index in [4.69, 9.17) is 20.2 Å². The van der Waals surface area contributed by atoms with Crippen LogP contribution in [0.2, 0.25) is 0 Å². The van der Waals surface area contributed by atoms with Crippen molar-refractivity contribution in [3.05, 3.63) is 101 Å². The Kier molecular flexibility index (Phi) is 13.6. The van der Waals surface area contributed by atoms with Gasteiger partial charge < -0.3 is 36.1 Å². The van der Waals surface area contributed by atoms with Crippen molar-refractivity contribution in [2.75, 3.05) is 62.5 Å². The summed E-state index contributed by atoms with van der Waals surface area (Å²) in [6.07, 6.45) is 9.92. The summed E-state index contributed by atoms with van der Waals surface area (Å²) < 4.78 is 13.1. The first-order valence-corrected chi connectivity index (χ1v) is 21.9. The Hall–Kier alpha value is -7.67. The molecule has 7 amide bonds. The molecule has 19 heteroatoms. The van der Waals surface area contributed by atoms with Crippen LogP contribution in [0.3, 0.4) is 0 Å². The zero-order valence-electron chi connectivity index (χ0n) is 36.7. The van der Waals surface area contributed by atoms with E-state index in [1.807, 2.05) is 41.7 Å². The lowest BCUT2D eigenvalue weighted by Gasteiger charge is -2.28. The summed E-state index contributed by atoms with van der Waals surface area (Å²) in [6, 6.07) is 14.8. The highest BCUT2D eigenvalue weighted by Crippen LogP contribution is 2.39. The summed E-state index contributed by atoms with van der Waals surface area (Å²) in [7, 11) is 1.45. The van der Waals surface area contributed by atoms with Crippen molar-refractivity contribution in [1.29, 1.82) is 0 Å². The van der Waals surface area contributed by atoms with Crippen molar-refractivity contribution in [2.45, 2.75) is 57.4 Å². The number of carbonyl (C=O) groups is 6. The first-order valence-electron chi connectivity index (χ1n) is 21.9. The number of nitrogens with two attached hydrogens (primary N) is 1. The average Bonchev–Trinajstić information content (AvgIpc) is 3.94. The molecule has 1 saturated carbocycles. The molecule has 5 aromatic rings. The van der Waals surface area contributed by atoms with Gasteiger partial charge in [-0.3, -0.25) is 38.6 Å². The fourth-order valence-electron chi connectivity index (χ4n) is 8.47. The van der Waals surface area contributed by atoms with Crippen LogP contribution in [0.25, 0.3) is 22.9 Å². The maximum atomic E-state index is 13.5. The summed E-state index contributed by atoms with van der Waals surface area (Å²) in [6.45, 7) is 2.60. The number of hydrogen-bond acceptors (Lipinski definition) is 12. The fraction of sp³-hybridized carbons (Fsp3) is 0.340. The van der Waals surface area contributed by atoms with E-state index in [-0.39, 0.29) is 93.4 Å². The van der Waals surface area contributed by atoms with Crippen molar-refractivity contribution in [3.8, 4) is 17.0 Å². The number of amides is 7. The quantitative estimate of drug-likeness (QED) is 0.111. The lowest BCUT2D eigenvalue weighted by atomic mass is 10.1. The Balaban J connectivity index is 0.897. The van der Waals surface area contributed by atoms with Gasteiger partial charge in [-0.25, -0.2) is 19.7 Å². The largest absolute Gasteiger partial charge is 0.495 e. The minimum atomic E-state index is -0.598. The summed E-state index contributed by atoms with van der Waals surface area (Å²) in [5.41, 5.74) is 11.5. The van der Waals surface area contributed by atoms with Crippen LogP contribution in [0.4, 0.5) is 22.1 Å². The lowest BCUT2D eigenvalue weighted by Crippen LogP contribution is -2.49. The van der Waals surface area contributed by atoms with Gasteiger partial charge in [0.25, 0.3) is 11.8 Å². The number of hydrogen-bond donors (Lipinski definition) is 5. The third kappa shape index (κ3) is 10.2. The molecule has 1 saturated heterocycles. The second-order valence-corrected chi connectivity index (χ2v) is 16.4. The number of aryl methyl sites for hydroxylation is 1. The number of methoxy groups -OCH3 is 1. The van der Waals surface area contributed by atoms with Gasteiger partial charge in [-0.05, 0) is 86.7 Å². The predicted octanol–water partition coefficient (Wildman–Crippen LogP) is 4.22. The monoisotopic (exact) mass is 897 g/mol. The van der Waals surface area contributed by atoms with E-state index >= 15 is 0 Å². The molecule has 2 aliphatic heterocycles. The van der Waals surface area contributed by atoms with Crippen LogP contribution in [-0.4, -0.2) is 112 Å². The molecule has 0 unspecified atom stereocenters. The van der Waals surface area contributed by atoms with Gasteiger partial charge in [-0.1, -0.05) is 18.2 Å². The molecular formula is C47H51N11O8. The molecule has 342 valence electrons. The number of benzene rings is 2. The van der Waals surface area contributed by atoms with E-state index in [0.717, 1.165) is 35.5 Å². The molecule has 0 radical (unpaired) electrons. The van der Waals surface area contributed by atoms with Crippen molar-refractivity contribution in [3.63, 3.8) is 0 Å². The van der Waals surface area contributed by atoms with Crippen molar-refractivity contribution in [1.82, 2.24) is 40.2 Å². The topological polar surface area (TPSA) is 245 Å². The third-order valence-corrected chi connectivity index (χ3v) is 11.8. The SMILES string of the molecule is COc1ccc(C(=O)NCCOCCC(=O)N2CC/C=C/c3cnc(N)c4c(-c5ccc(C(=O)Nc6cc(C)ccn6)cc5)nc(n34)[C@@H]3CC[C@H](C3)NC(=O)C2)cc1N1CCC(=O)NC1=O. The highest BCUT2D eigenvalue weighted by atomic mass is 16.5. The number of anilines is 3. The minimum absolute atomic E-state index is 0.00972. The number of nitrogens with zero attached hydrogens (tertiary/aromatic N) is 6. The fourth-order valence-corrected chi connectivity index (χ4v) is 8.47. The molecule has 8 rings (SSSR count). The van der Waals surface area contributed by atoms with E-state index in [1.165, 1.54) is 23.0 Å². The van der Waals surface area contributed by atoms with Gasteiger partial charge in [0.2, 0.25) is 17.7 Å². The number of nitrogens with one attached hydrogen (secondary N) is 4. The molecule has 2 aromatic carbocycles. The molecule has 19 nitrogen and oxygen atoms in total. The van der Waals surface area contributed by atoms with Crippen molar-refractivity contribution < 1.29 is 38.2 Å². The second-order valence-electron chi connectivity index (χ2n) is 16.4. The molecule has 2 fully saturated rings. The second kappa shape index (κ2) is 20.0. The molecule has 1 aliphatic carbocycles. The van der Waals surface area contributed by atoms with E-state index in [1.54, 1.807) is 42.7 Å². The normalized spacial score (nSPS) is 18.0. The van der Waals surface area contributed by atoms with Gasteiger partial charge >= 0.3 is 6.03 Å². The summed E-state index contributed by atoms with van der Waals surface area (Å²) in [4.78, 5) is 93.9. The zero-order chi connectivity index (χ0) is 46.3. The van der Waals surface area contributed by atoms with Gasteiger partial charge in [0.15, 0.2) is 0 Å². The molecule has 3 aliphatic rings. The van der Waals surface area contributed by atoms with Crippen LogP contribution in [0.15, 0.2) is 73.1 Å². The van der Waals surface area contributed by atoms with Gasteiger partial charge in [0.1, 0.15) is 34.4 Å². The van der Waals surface area contributed by atoms with Crippen molar-refractivity contribution >= 4 is 64.5 Å². The van der Waals surface area contributed by atoms with Gasteiger partial charge in [-0.2, -0.15) is 0 Å². The van der Waals surface area contributed by atoms with Gasteiger partial charge in [0.05, 0.1) is 50.9 Å². The van der Waals surface area contributed by atoms with Crippen LogP contribution >= 0.6 is 0 Å². The van der Waals surface area contributed by atoms with E-state index in [2.05, 4.69) is 31.2 Å². The highest BCUT2D eigenvalue weighted by Gasteiger charge is 2.33. The molecular weight excluding hydrogens is 847 g/mol.